The molecule has 0 saturated carbocycles. The summed E-state index contributed by atoms with van der Waals surface area (Å²) < 4.78 is 0. The monoisotopic (exact) mass is 305 g/mol. The summed E-state index contributed by atoms with van der Waals surface area (Å²) in [5.41, 5.74) is 3.60. The molecule has 2 aromatic heterocycles. The summed E-state index contributed by atoms with van der Waals surface area (Å²) >= 11 is 1.84. The van der Waals surface area contributed by atoms with Gasteiger partial charge in [-0.1, -0.05) is 6.92 Å². The molecule has 2 rings (SSSR count). The Labute approximate surface area is 130 Å². The average Bonchev–Trinajstić information content (AvgIpc) is 2.86. The highest BCUT2D eigenvalue weighted by Crippen LogP contribution is 2.22. The predicted molar refractivity (Wildman–Crippen MR) is 89.8 cm³/mol. The molecule has 5 nitrogen and oxygen atoms in total. The Bertz CT molecular complexity index is 608. The summed E-state index contributed by atoms with van der Waals surface area (Å²) in [7, 11) is 0. The molecule has 0 aliphatic carbocycles. The lowest BCUT2D eigenvalue weighted by Crippen LogP contribution is -2.21. The van der Waals surface area contributed by atoms with Crippen molar-refractivity contribution in [1.82, 2.24) is 9.97 Å². The lowest BCUT2D eigenvalue weighted by atomic mass is 10.2. The smallest absolute Gasteiger partial charge is 0.148 e. The van der Waals surface area contributed by atoms with Crippen LogP contribution in [-0.2, 0) is 12.8 Å². The van der Waals surface area contributed by atoms with Crippen LogP contribution in [0, 0.1) is 13.8 Å². The minimum absolute atomic E-state index is 0.298. The number of hydrogen-bond acceptors (Lipinski definition) is 6. The van der Waals surface area contributed by atoms with E-state index in [-0.39, 0.29) is 0 Å². The normalized spacial score (nSPS) is 12.2. The van der Waals surface area contributed by atoms with Gasteiger partial charge >= 0.3 is 0 Å². The Morgan fingerprint density at radius 3 is 2.52 bits per heavy atom. The van der Waals surface area contributed by atoms with Crippen molar-refractivity contribution < 1.29 is 0 Å². The molecule has 2 heterocycles. The van der Waals surface area contributed by atoms with E-state index >= 15 is 0 Å². The molecule has 1 unspecified atom stereocenters. The molecule has 0 amide bonds. The molecule has 0 radical (unpaired) electrons. The Morgan fingerprint density at radius 2 is 1.95 bits per heavy atom. The number of hydrogen-bond donors (Lipinski definition) is 3. The van der Waals surface area contributed by atoms with Crippen LogP contribution in [0.3, 0.4) is 0 Å². The van der Waals surface area contributed by atoms with Crippen molar-refractivity contribution in [2.75, 3.05) is 10.7 Å². The first-order valence-corrected chi connectivity index (χ1v) is 8.01. The summed E-state index contributed by atoms with van der Waals surface area (Å²) in [6.45, 7) is 8.30. The van der Waals surface area contributed by atoms with Crippen molar-refractivity contribution in [3.63, 3.8) is 0 Å². The van der Waals surface area contributed by atoms with Crippen LogP contribution >= 0.6 is 11.3 Å². The van der Waals surface area contributed by atoms with Gasteiger partial charge in [0.1, 0.15) is 17.5 Å². The van der Waals surface area contributed by atoms with Crippen LogP contribution in [-0.4, -0.2) is 16.0 Å². The van der Waals surface area contributed by atoms with E-state index < -0.39 is 0 Å². The summed E-state index contributed by atoms with van der Waals surface area (Å²) in [5, 5.41) is 3.48. The molecule has 114 valence electrons. The number of thiophene rings is 1. The highest BCUT2D eigenvalue weighted by atomic mass is 32.1. The molecule has 2 aromatic rings. The molecule has 21 heavy (non-hydrogen) atoms. The topological polar surface area (TPSA) is 75.9 Å². The minimum atomic E-state index is 0.298. The fraction of sp³-hybridized carbons (Fsp3) is 0.467. The quantitative estimate of drug-likeness (QED) is 0.565. The number of anilines is 2. The first-order chi connectivity index (χ1) is 10.0. The fourth-order valence-corrected chi connectivity index (χ4v) is 3.20. The molecule has 0 aliphatic rings. The van der Waals surface area contributed by atoms with Crippen molar-refractivity contribution >= 4 is 23.0 Å². The second-order valence-electron chi connectivity index (χ2n) is 5.22. The molecule has 6 heteroatoms. The van der Waals surface area contributed by atoms with Crippen molar-refractivity contribution in [3.05, 3.63) is 33.3 Å². The molecule has 1 atom stereocenters. The number of hydrazine groups is 1. The Kier molecular flexibility index (Phi) is 5.14. The lowest BCUT2D eigenvalue weighted by molar-refractivity contribution is 0.786. The van der Waals surface area contributed by atoms with Crippen LogP contribution in [0.5, 0.6) is 0 Å². The second kappa shape index (κ2) is 6.87. The van der Waals surface area contributed by atoms with E-state index in [9.17, 15) is 0 Å². The van der Waals surface area contributed by atoms with Gasteiger partial charge in [0, 0.05) is 34.2 Å². The van der Waals surface area contributed by atoms with Crippen LogP contribution in [0.15, 0.2) is 12.1 Å². The highest BCUT2D eigenvalue weighted by Gasteiger charge is 2.12. The van der Waals surface area contributed by atoms with Gasteiger partial charge < -0.3 is 10.7 Å². The third-order valence-electron chi connectivity index (χ3n) is 3.33. The molecule has 0 spiro atoms. The van der Waals surface area contributed by atoms with E-state index in [2.05, 4.69) is 46.7 Å². The molecular formula is C15H23N5S. The first kappa shape index (κ1) is 15.7. The SMILES string of the molecule is CCc1nc(NN)c(C)c(NC(C)Cc2ccc(C)s2)n1. The Morgan fingerprint density at radius 1 is 1.24 bits per heavy atom. The van der Waals surface area contributed by atoms with Crippen LogP contribution in [0.25, 0.3) is 0 Å². The summed E-state index contributed by atoms with van der Waals surface area (Å²) in [6.07, 6.45) is 1.76. The standard InChI is InChI=1S/C15H23N5S/c1-5-13-18-14(11(4)15(19-13)20-16)17-9(2)8-12-7-6-10(3)21-12/h6-7,9H,5,8,16H2,1-4H3,(H2,17,18,19,20). The van der Waals surface area contributed by atoms with Gasteiger partial charge in [-0.3, -0.25) is 0 Å². The average molecular weight is 305 g/mol. The van der Waals surface area contributed by atoms with Gasteiger partial charge in [-0.2, -0.15) is 0 Å². The molecule has 0 aromatic carbocycles. The number of nitrogens with zero attached hydrogens (tertiary/aromatic N) is 2. The first-order valence-electron chi connectivity index (χ1n) is 7.19. The van der Waals surface area contributed by atoms with E-state index in [1.54, 1.807) is 0 Å². The third-order valence-corrected chi connectivity index (χ3v) is 4.35. The number of rotatable bonds is 6. The summed E-state index contributed by atoms with van der Waals surface area (Å²) in [6, 6.07) is 4.65. The number of aryl methyl sites for hydroxylation is 2. The van der Waals surface area contributed by atoms with Crippen molar-refractivity contribution in [1.29, 1.82) is 0 Å². The van der Waals surface area contributed by atoms with Crippen molar-refractivity contribution in [2.45, 2.75) is 46.6 Å². The fourth-order valence-electron chi connectivity index (χ4n) is 2.18. The number of nitrogens with one attached hydrogen (secondary N) is 2. The van der Waals surface area contributed by atoms with E-state index in [4.69, 9.17) is 5.84 Å². The maximum Gasteiger partial charge on any atom is 0.148 e. The van der Waals surface area contributed by atoms with Crippen LogP contribution in [0.4, 0.5) is 11.6 Å². The number of aromatic nitrogens is 2. The second-order valence-corrected chi connectivity index (χ2v) is 6.59. The zero-order valence-corrected chi connectivity index (χ0v) is 13.8. The van der Waals surface area contributed by atoms with E-state index in [0.29, 0.717) is 11.9 Å². The Hall–Kier alpha value is -1.66. The molecule has 0 bridgehead atoms. The van der Waals surface area contributed by atoms with Crippen LogP contribution in [0.1, 0.15) is 35.0 Å². The maximum atomic E-state index is 5.53. The zero-order valence-electron chi connectivity index (χ0n) is 13.0. The van der Waals surface area contributed by atoms with Crippen molar-refractivity contribution in [2.24, 2.45) is 5.84 Å². The van der Waals surface area contributed by atoms with Gasteiger partial charge in [0.15, 0.2) is 0 Å². The molecule has 0 aliphatic heterocycles. The highest BCUT2D eigenvalue weighted by molar-refractivity contribution is 7.11. The van der Waals surface area contributed by atoms with Crippen LogP contribution < -0.4 is 16.6 Å². The molecule has 0 fully saturated rings. The Balaban J connectivity index is 2.14. The zero-order chi connectivity index (χ0) is 15.4. The lowest BCUT2D eigenvalue weighted by Gasteiger charge is -2.17. The summed E-state index contributed by atoms with van der Waals surface area (Å²) in [5.74, 6) is 7.86. The molecule has 4 N–H and O–H groups in total. The maximum absolute atomic E-state index is 5.53. The van der Waals surface area contributed by atoms with E-state index in [1.807, 2.05) is 25.2 Å². The van der Waals surface area contributed by atoms with E-state index in [0.717, 1.165) is 30.0 Å². The van der Waals surface area contributed by atoms with Gasteiger partial charge in [-0.05, 0) is 32.9 Å². The van der Waals surface area contributed by atoms with Gasteiger partial charge in [-0.15, -0.1) is 11.3 Å². The van der Waals surface area contributed by atoms with Gasteiger partial charge in [0.2, 0.25) is 0 Å². The molecule has 0 saturated heterocycles. The molecular weight excluding hydrogens is 282 g/mol. The third kappa shape index (κ3) is 3.92. The minimum Gasteiger partial charge on any atom is -0.367 e. The summed E-state index contributed by atoms with van der Waals surface area (Å²) in [4.78, 5) is 11.7. The van der Waals surface area contributed by atoms with Gasteiger partial charge in [0.25, 0.3) is 0 Å². The van der Waals surface area contributed by atoms with E-state index in [1.165, 1.54) is 9.75 Å². The largest absolute Gasteiger partial charge is 0.367 e. The number of nitrogens with two attached hydrogens (primary N) is 1. The van der Waals surface area contributed by atoms with Gasteiger partial charge in [-0.25, -0.2) is 15.8 Å². The van der Waals surface area contributed by atoms with Gasteiger partial charge in [0.05, 0.1) is 0 Å². The predicted octanol–water partition coefficient (Wildman–Crippen LogP) is 3.05. The van der Waals surface area contributed by atoms with Crippen molar-refractivity contribution in [3.8, 4) is 0 Å². The number of nitrogen functional groups attached to an aromatic ring is 1. The van der Waals surface area contributed by atoms with Crippen LogP contribution in [0.2, 0.25) is 0 Å².